The highest BCUT2D eigenvalue weighted by atomic mass is 19.1. The number of amides is 1. The Morgan fingerprint density at radius 2 is 2.32 bits per heavy atom. The van der Waals surface area contributed by atoms with Crippen molar-refractivity contribution in [3.63, 3.8) is 0 Å². The molecule has 1 amide bonds. The summed E-state index contributed by atoms with van der Waals surface area (Å²) in [7, 11) is 0. The fourth-order valence-corrected chi connectivity index (χ4v) is 1.83. The van der Waals surface area contributed by atoms with Gasteiger partial charge in [0.2, 0.25) is 5.91 Å². The molecule has 1 aromatic rings. The van der Waals surface area contributed by atoms with E-state index in [1.54, 1.807) is 6.07 Å². The quantitative estimate of drug-likeness (QED) is 0.819. The van der Waals surface area contributed by atoms with E-state index in [0.717, 1.165) is 6.42 Å². The van der Waals surface area contributed by atoms with E-state index in [4.69, 9.17) is 5.11 Å². The van der Waals surface area contributed by atoms with Crippen LogP contribution < -0.4 is 5.32 Å². The number of halogens is 1. The van der Waals surface area contributed by atoms with Gasteiger partial charge in [0.25, 0.3) is 0 Å². The first-order chi connectivity index (χ1) is 9.11. The van der Waals surface area contributed by atoms with Crippen molar-refractivity contribution in [2.45, 2.75) is 19.8 Å². The van der Waals surface area contributed by atoms with Gasteiger partial charge in [0.05, 0.1) is 12.3 Å². The molecule has 1 fully saturated rings. The largest absolute Gasteiger partial charge is 0.395 e. The molecule has 3 nitrogen and oxygen atoms in total. The van der Waals surface area contributed by atoms with Crippen LogP contribution in [0, 0.1) is 29.5 Å². The van der Waals surface area contributed by atoms with Crippen molar-refractivity contribution in [1.82, 2.24) is 0 Å². The summed E-state index contributed by atoms with van der Waals surface area (Å²) >= 11 is 0. The number of hydrogen-bond donors (Lipinski definition) is 2. The second-order valence-electron chi connectivity index (χ2n) is 4.78. The zero-order valence-corrected chi connectivity index (χ0v) is 10.7. The Balaban J connectivity index is 2.03. The minimum Gasteiger partial charge on any atom is -0.395 e. The minimum atomic E-state index is -0.488. The highest BCUT2D eigenvalue weighted by Gasteiger charge is 2.39. The summed E-state index contributed by atoms with van der Waals surface area (Å²) in [4.78, 5) is 11.7. The summed E-state index contributed by atoms with van der Waals surface area (Å²) in [5.41, 5.74) is 0.723. The molecule has 0 aromatic heterocycles. The molecule has 19 heavy (non-hydrogen) atoms. The van der Waals surface area contributed by atoms with E-state index in [2.05, 4.69) is 17.2 Å². The van der Waals surface area contributed by atoms with Crippen LogP contribution in [0.2, 0.25) is 0 Å². The van der Waals surface area contributed by atoms with E-state index in [1.165, 1.54) is 12.1 Å². The van der Waals surface area contributed by atoms with Crippen LogP contribution in [0.5, 0.6) is 0 Å². The number of hydrogen-bond acceptors (Lipinski definition) is 2. The monoisotopic (exact) mass is 261 g/mol. The van der Waals surface area contributed by atoms with Gasteiger partial charge in [-0.2, -0.15) is 0 Å². The van der Waals surface area contributed by atoms with Crippen LogP contribution in [0.4, 0.5) is 10.1 Å². The van der Waals surface area contributed by atoms with E-state index in [1.807, 2.05) is 6.92 Å². The maximum Gasteiger partial charge on any atom is 0.227 e. The minimum absolute atomic E-state index is 0.0107. The average Bonchev–Trinajstić information content (AvgIpc) is 3.10. The molecule has 2 N–H and O–H groups in total. The summed E-state index contributed by atoms with van der Waals surface area (Å²) in [5.74, 6) is 5.27. The number of carbonyl (C=O) groups excluding carboxylic acids is 1. The Bertz CT molecular complexity index is 545. The SMILES string of the molecule is CC1CC1C(=O)Nc1ccc(C#CCCO)cc1F. The van der Waals surface area contributed by atoms with Crippen LogP contribution in [-0.2, 0) is 4.79 Å². The lowest BCUT2D eigenvalue weighted by atomic mass is 10.2. The highest BCUT2D eigenvalue weighted by molar-refractivity contribution is 5.94. The van der Waals surface area contributed by atoms with Crippen LogP contribution >= 0.6 is 0 Å². The molecule has 2 atom stereocenters. The Hall–Kier alpha value is -1.86. The van der Waals surface area contributed by atoms with Gasteiger partial charge in [-0.1, -0.05) is 18.8 Å². The molecule has 1 aliphatic rings. The van der Waals surface area contributed by atoms with Crippen LogP contribution in [0.25, 0.3) is 0 Å². The molecule has 1 saturated carbocycles. The molecule has 0 bridgehead atoms. The third-order valence-electron chi connectivity index (χ3n) is 3.14. The summed E-state index contributed by atoms with van der Waals surface area (Å²) < 4.78 is 13.8. The van der Waals surface area contributed by atoms with Crippen molar-refractivity contribution in [3.8, 4) is 11.8 Å². The standard InChI is InChI=1S/C15H16FNO2/c1-10-8-12(10)15(19)17-14-6-5-11(9-13(14)16)4-2-3-7-18/h5-6,9-10,12,18H,3,7-8H2,1H3,(H,17,19). The second kappa shape index (κ2) is 5.85. The van der Waals surface area contributed by atoms with E-state index < -0.39 is 5.82 Å². The van der Waals surface area contributed by atoms with Crippen LogP contribution in [-0.4, -0.2) is 17.6 Å². The second-order valence-corrected chi connectivity index (χ2v) is 4.78. The van der Waals surface area contributed by atoms with Gasteiger partial charge in [0.1, 0.15) is 5.82 Å². The number of anilines is 1. The van der Waals surface area contributed by atoms with Gasteiger partial charge in [-0.05, 0) is 30.5 Å². The predicted octanol–water partition coefficient (Wildman–Crippen LogP) is 2.15. The van der Waals surface area contributed by atoms with Gasteiger partial charge in [0, 0.05) is 17.9 Å². The predicted molar refractivity (Wildman–Crippen MR) is 70.9 cm³/mol. The number of benzene rings is 1. The van der Waals surface area contributed by atoms with Crippen LogP contribution in [0.3, 0.4) is 0 Å². The lowest BCUT2D eigenvalue weighted by Gasteiger charge is -2.06. The summed E-state index contributed by atoms with van der Waals surface area (Å²) in [6.45, 7) is 1.99. The third-order valence-corrected chi connectivity index (χ3v) is 3.14. The number of nitrogens with one attached hydrogen (secondary N) is 1. The Labute approximate surface area is 111 Å². The van der Waals surface area contributed by atoms with Crippen molar-refractivity contribution in [3.05, 3.63) is 29.6 Å². The molecule has 4 heteroatoms. The van der Waals surface area contributed by atoms with Crippen molar-refractivity contribution in [2.24, 2.45) is 11.8 Å². The van der Waals surface area contributed by atoms with Gasteiger partial charge in [-0.15, -0.1) is 0 Å². The number of aliphatic hydroxyl groups is 1. The van der Waals surface area contributed by atoms with Crippen molar-refractivity contribution >= 4 is 11.6 Å². The van der Waals surface area contributed by atoms with E-state index in [9.17, 15) is 9.18 Å². The lowest BCUT2D eigenvalue weighted by Crippen LogP contribution is -2.15. The Morgan fingerprint density at radius 3 is 2.89 bits per heavy atom. The number of aliphatic hydroxyl groups excluding tert-OH is 1. The molecule has 1 aromatic carbocycles. The molecular formula is C15H16FNO2. The molecular weight excluding hydrogens is 245 g/mol. The number of carbonyl (C=O) groups is 1. The smallest absolute Gasteiger partial charge is 0.227 e. The molecule has 0 radical (unpaired) electrons. The first kappa shape index (κ1) is 13.6. The summed E-state index contributed by atoms with van der Waals surface area (Å²) in [5, 5.41) is 11.2. The van der Waals surface area contributed by atoms with Crippen LogP contribution in [0.15, 0.2) is 18.2 Å². The summed E-state index contributed by atoms with van der Waals surface area (Å²) in [6.07, 6.45) is 1.23. The summed E-state index contributed by atoms with van der Waals surface area (Å²) in [6, 6.07) is 4.46. The van der Waals surface area contributed by atoms with E-state index in [0.29, 0.717) is 17.9 Å². The highest BCUT2D eigenvalue weighted by Crippen LogP contribution is 2.38. The van der Waals surface area contributed by atoms with E-state index in [-0.39, 0.29) is 24.1 Å². The lowest BCUT2D eigenvalue weighted by molar-refractivity contribution is -0.117. The van der Waals surface area contributed by atoms with Crippen LogP contribution in [0.1, 0.15) is 25.3 Å². The van der Waals surface area contributed by atoms with E-state index >= 15 is 0 Å². The van der Waals surface area contributed by atoms with Crippen molar-refractivity contribution in [1.29, 1.82) is 0 Å². The van der Waals surface area contributed by atoms with Gasteiger partial charge in [-0.3, -0.25) is 4.79 Å². The Kier molecular flexibility index (Phi) is 4.18. The maximum absolute atomic E-state index is 13.8. The topological polar surface area (TPSA) is 49.3 Å². The zero-order valence-electron chi connectivity index (χ0n) is 10.7. The third kappa shape index (κ3) is 3.55. The maximum atomic E-state index is 13.8. The molecule has 0 heterocycles. The fourth-order valence-electron chi connectivity index (χ4n) is 1.83. The molecule has 0 spiro atoms. The molecule has 100 valence electrons. The van der Waals surface area contributed by atoms with Crippen molar-refractivity contribution in [2.75, 3.05) is 11.9 Å². The first-order valence-electron chi connectivity index (χ1n) is 6.32. The fraction of sp³-hybridized carbons (Fsp3) is 0.400. The zero-order chi connectivity index (χ0) is 13.8. The normalized spacial score (nSPS) is 20.4. The van der Waals surface area contributed by atoms with Gasteiger partial charge in [-0.25, -0.2) is 4.39 Å². The van der Waals surface area contributed by atoms with Gasteiger partial charge in [0.15, 0.2) is 0 Å². The first-order valence-corrected chi connectivity index (χ1v) is 6.32. The van der Waals surface area contributed by atoms with Crippen molar-refractivity contribution < 1.29 is 14.3 Å². The molecule has 0 aliphatic heterocycles. The number of rotatable bonds is 3. The Morgan fingerprint density at radius 1 is 1.58 bits per heavy atom. The van der Waals surface area contributed by atoms with Gasteiger partial charge >= 0.3 is 0 Å². The molecule has 2 rings (SSSR count). The molecule has 0 saturated heterocycles. The molecule has 2 unspecified atom stereocenters. The molecule has 1 aliphatic carbocycles. The average molecular weight is 261 g/mol. The van der Waals surface area contributed by atoms with Gasteiger partial charge < -0.3 is 10.4 Å².